The number of fused-ring (bicyclic) bond motifs is 1. The van der Waals surface area contributed by atoms with E-state index in [-0.39, 0.29) is 17.7 Å². The normalized spacial score (nSPS) is 15.1. The molecule has 2 amide bonds. The number of carbonyl (C=O) groups is 3. The van der Waals surface area contributed by atoms with Gasteiger partial charge in [0.25, 0.3) is 11.1 Å². The molecule has 6 nitrogen and oxygen atoms in total. The van der Waals surface area contributed by atoms with E-state index in [4.69, 9.17) is 9.84 Å². The number of rotatable bonds is 6. The van der Waals surface area contributed by atoms with Crippen molar-refractivity contribution in [3.63, 3.8) is 0 Å². The number of hydrogen-bond donors (Lipinski definition) is 1. The van der Waals surface area contributed by atoms with Crippen LogP contribution in [0.25, 0.3) is 16.8 Å². The largest absolute Gasteiger partial charge is 0.481 e. The highest BCUT2D eigenvalue weighted by atomic mass is 79.9. The minimum atomic E-state index is -1.07. The Morgan fingerprint density at radius 3 is 2.65 bits per heavy atom. The third-order valence-corrected chi connectivity index (χ3v) is 6.21. The number of halogens is 1. The quantitative estimate of drug-likeness (QED) is 0.465. The summed E-state index contributed by atoms with van der Waals surface area (Å²) in [5.74, 6) is -1.04. The van der Waals surface area contributed by atoms with Gasteiger partial charge in [-0.25, -0.2) is 4.79 Å². The van der Waals surface area contributed by atoms with Crippen molar-refractivity contribution in [2.24, 2.45) is 0 Å². The van der Waals surface area contributed by atoms with Crippen LogP contribution in [-0.4, -0.2) is 33.7 Å². The van der Waals surface area contributed by atoms with E-state index in [2.05, 4.69) is 15.9 Å². The van der Waals surface area contributed by atoms with Gasteiger partial charge in [0.05, 0.1) is 15.9 Å². The van der Waals surface area contributed by atoms with Crippen molar-refractivity contribution in [3.05, 3.63) is 81.2 Å². The first kappa shape index (κ1) is 21.1. The lowest BCUT2D eigenvalue weighted by Crippen LogP contribution is -2.27. The van der Waals surface area contributed by atoms with Gasteiger partial charge in [-0.2, -0.15) is 0 Å². The van der Waals surface area contributed by atoms with Crippen LogP contribution in [0.3, 0.4) is 0 Å². The lowest BCUT2D eigenvalue weighted by molar-refractivity contribution is -0.139. The second-order valence-corrected chi connectivity index (χ2v) is 8.63. The van der Waals surface area contributed by atoms with Gasteiger partial charge in [-0.05, 0) is 67.8 Å². The van der Waals surface area contributed by atoms with Gasteiger partial charge in [0.15, 0.2) is 6.61 Å². The van der Waals surface area contributed by atoms with Crippen molar-refractivity contribution < 1.29 is 24.2 Å². The average Bonchev–Trinajstić information content (AvgIpc) is 3.00. The number of imide groups is 1. The highest BCUT2D eigenvalue weighted by Crippen LogP contribution is 2.35. The number of aliphatic carboxylic acids is 1. The monoisotopic (exact) mass is 497 g/mol. The van der Waals surface area contributed by atoms with E-state index in [1.807, 2.05) is 42.5 Å². The minimum Gasteiger partial charge on any atom is -0.481 e. The van der Waals surface area contributed by atoms with Gasteiger partial charge in [0, 0.05) is 0 Å². The SMILES string of the molecule is O=C(O)COc1ccc(/C=C2/SC(=O)N(Cc3cccc4ccccc34)C2=O)cc1Br. The van der Waals surface area contributed by atoms with Crippen LogP contribution >= 0.6 is 27.7 Å². The van der Waals surface area contributed by atoms with E-state index >= 15 is 0 Å². The zero-order valence-corrected chi connectivity index (χ0v) is 18.5. The summed E-state index contributed by atoms with van der Waals surface area (Å²) in [7, 11) is 0. The molecule has 1 aliphatic heterocycles. The molecule has 1 fully saturated rings. The van der Waals surface area contributed by atoms with Gasteiger partial charge in [0.2, 0.25) is 0 Å². The summed E-state index contributed by atoms with van der Waals surface area (Å²) in [5, 5.41) is 10.5. The molecule has 1 heterocycles. The predicted molar refractivity (Wildman–Crippen MR) is 123 cm³/mol. The second-order valence-electron chi connectivity index (χ2n) is 6.78. The number of carboxylic acid groups (broad SMARTS) is 1. The molecule has 31 heavy (non-hydrogen) atoms. The second kappa shape index (κ2) is 8.95. The number of benzene rings is 3. The number of nitrogens with zero attached hydrogens (tertiary/aromatic N) is 1. The van der Waals surface area contributed by atoms with Crippen molar-refractivity contribution in [2.45, 2.75) is 6.54 Å². The summed E-state index contributed by atoms with van der Waals surface area (Å²) >= 11 is 4.24. The number of ether oxygens (including phenoxy) is 1. The maximum atomic E-state index is 12.9. The highest BCUT2D eigenvalue weighted by molar-refractivity contribution is 9.10. The lowest BCUT2D eigenvalue weighted by atomic mass is 10.0. The molecule has 0 radical (unpaired) electrons. The van der Waals surface area contributed by atoms with Crippen LogP contribution in [-0.2, 0) is 16.1 Å². The first-order chi connectivity index (χ1) is 14.9. The minimum absolute atomic E-state index is 0.203. The zero-order chi connectivity index (χ0) is 22.0. The van der Waals surface area contributed by atoms with Crippen molar-refractivity contribution >= 4 is 61.7 Å². The van der Waals surface area contributed by atoms with Crippen LogP contribution in [0.4, 0.5) is 4.79 Å². The number of carbonyl (C=O) groups excluding carboxylic acids is 2. The lowest BCUT2D eigenvalue weighted by Gasteiger charge is -2.14. The van der Waals surface area contributed by atoms with Crippen molar-refractivity contribution in [1.82, 2.24) is 4.90 Å². The number of amides is 2. The number of carboxylic acids is 1. The summed E-state index contributed by atoms with van der Waals surface area (Å²) in [6.07, 6.45) is 1.64. The molecular weight excluding hydrogens is 482 g/mol. The Kier molecular flexibility index (Phi) is 6.11. The van der Waals surface area contributed by atoms with Crippen LogP contribution in [0.15, 0.2) is 70.0 Å². The molecule has 0 atom stereocenters. The highest BCUT2D eigenvalue weighted by Gasteiger charge is 2.35. The first-order valence-electron chi connectivity index (χ1n) is 9.28. The molecule has 156 valence electrons. The standard InChI is InChI=1S/C23H16BrNO5S/c24-18-10-14(8-9-19(18)30-13-21(26)27)11-20-22(28)25(23(29)31-20)12-16-6-3-5-15-4-1-2-7-17(15)16/h1-11H,12-13H2,(H,26,27)/b20-11+. The van der Waals surface area contributed by atoms with Crippen LogP contribution in [0.1, 0.15) is 11.1 Å². The van der Waals surface area contributed by atoms with E-state index in [0.29, 0.717) is 20.7 Å². The molecule has 3 aromatic rings. The molecule has 3 aromatic carbocycles. The molecule has 4 rings (SSSR count). The Morgan fingerprint density at radius 2 is 1.87 bits per heavy atom. The van der Waals surface area contributed by atoms with Gasteiger partial charge in [0.1, 0.15) is 5.75 Å². The van der Waals surface area contributed by atoms with E-state index in [0.717, 1.165) is 28.1 Å². The Labute approximate surface area is 190 Å². The van der Waals surface area contributed by atoms with Gasteiger partial charge in [-0.1, -0.05) is 48.5 Å². The fraction of sp³-hybridized carbons (Fsp3) is 0.0870. The molecule has 1 aliphatic rings. The topological polar surface area (TPSA) is 83.9 Å². The molecule has 0 saturated carbocycles. The summed E-state index contributed by atoms with van der Waals surface area (Å²) in [6.45, 7) is -0.250. The third kappa shape index (κ3) is 4.65. The number of thioether (sulfide) groups is 1. The van der Waals surface area contributed by atoms with Crippen LogP contribution in [0.5, 0.6) is 5.75 Å². The summed E-state index contributed by atoms with van der Waals surface area (Å²) < 4.78 is 5.73. The molecule has 1 N–H and O–H groups in total. The maximum absolute atomic E-state index is 12.9. The smallest absolute Gasteiger partial charge is 0.341 e. The van der Waals surface area contributed by atoms with Crippen molar-refractivity contribution in [3.8, 4) is 5.75 Å². The molecular formula is C23H16BrNO5S. The first-order valence-corrected chi connectivity index (χ1v) is 10.9. The molecule has 8 heteroatoms. The molecule has 0 bridgehead atoms. The number of hydrogen-bond acceptors (Lipinski definition) is 5. The Hall–Kier alpha value is -3.10. The van der Waals surface area contributed by atoms with Gasteiger partial charge < -0.3 is 9.84 Å². The van der Waals surface area contributed by atoms with E-state index < -0.39 is 12.6 Å². The third-order valence-electron chi connectivity index (χ3n) is 4.69. The molecule has 0 aliphatic carbocycles. The average molecular weight is 498 g/mol. The Morgan fingerprint density at radius 1 is 1.10 bits per heavy atom. The fourth-order valence-electron chi connectivity index (χ4n) is 3.25. The summed E-state index contributed by atoms with van der Waals surface area (Å²) in [4.78, 5) is 37.7. The van der Waals surface area contributed by atoms with Gasteiger partial charge in [-0.15, -0.1) is 0 Å². The predicted octanol–water partition coefficient (Wildman–Crippen LogP) is 5.30. The Balaban J connectivity index is 1.55. The summed E-state index contributed by atoms with van der Waals surface area (Å²) in [5.41, 5.74) is 1.59. The molecule has 0 spiro atoms. The molecule has 1 saturated heterocycles. The fourth-order valence-corrected chi connectivity index (χ4v) is 4.60. The maximum Gasteiger partial charge on any atom is 0.341 e. The Bertz CT molecular complexity index is 1230. The van der Waals surface area contributed by atoms with Gasteiger partial charge in [-0.3, -0.25) is 14.5 Å². The van der Waals surface area contributed by atoms with Crippen molar-refractivity contribution in [2.75, 3.05) is 6.61 Å². The van der Waals surface area contributed by atoms with Crippen LogP contribution < -0.4 is 4.74 Å². The van der Waals surface area contributed by atoms with Crippen LogP contribution in [0, 0.1) is 0 Å². The van der Waals surface area contributed by atoms with Crippen molar-refractivity contribution in [1.29, 1.82) is 0 Å². The molecule has 0 aromatic heterocycles. The van der Waals surface area contributed by atoms with E-state index in [1.54, 1.807) is 24.3 Å². The van der Waals surface area contributed by atoms with Crippen LogP contribution in [0.2, 0.25) is 0 Å². The van der Waals surface area contributed by atoms with Gasteiger partial charge >= 0.3 is 5.97 Å². The summed E-state index contributed by atoms with van der Waals surface area (Å²) in [6, 6.07) is 18.7. The molecule has 0 unspecified atom stereocenters. The van der Waals surface area contributed by atoms with E-state index in [1.165, 1.54) is 4.90 Å². The zero-order valence-electron chi connectivity index (χ0n) is 16.1. The van der Waals surface area contributed by atoms with E-state index in [9.17, 15) is 14.4 Å².